The maximum Gasteiger partial charge on any atom is 0.317 e. The van der Waals surface area contributed by atoms with Gasteiger partial charge >= 0.3 is 5.97 Å². The first-order valence-corrected chi connectivity index (χ1v) is 8.58. The molecule has 0 radical (unpaired) electrons. The number of fused-ring (bicyclic) bond motifs is 3. The summed E-state index contributed by atoms with van der Waals surface area (Å²) in [5.74, 6) is -0.771. The highest BCUT2D eigenvalue weighted by molar-refractivity contribution is 6.08. The topological polar surface area (TPSA) is 45.5 Å². The normalized spacial score (nSPS) is 11.6. The summed E-state index contributed by atoms with van der Waals surface area (Å²) in [4.78, 5) is 13.0. The van der Waals surface area contributed by atoms with E-state index in [-0.39, 0.29) is 6.54 Å². The Bertz CT molecular complexity index is 867. The lowest BCUT2D eigenvalue weighted by atomic mass is 10.1. The summed E-state index contributed by atoms with van der Waals surface area (Å²) in [7, 11) is 0. The highest BCUT2D eigenvalue weighted by Crippen LogP contribution is 2.29. The van der Waals surface area contributed by atoms with E-state index < -0.39 is 5.97 Å². The van der Waals surface area contributed by atoms with E-state index in [0.717, 1.165) is 25.1 Å². The van der Waals surface area contributed by atoms with Crippen LogP contribution in [0.5, 0.6) is 0 Å². The van der Waals surface area contributed by atoms with E-state index in [1.165, 1.54) is 21.8 Å². The molecule has 1 heterocycles. The van der Waals surface area contributed by atoms with Gasteiger partial charge in [0.05, 0.1) is 6.54 Å². The van der Waals surface area contributed by atoms with Gasteiger partial charge in [-0.05, 0) is 43.7 Å². The van der Waals surface area contributed by atoms with Crippen LogP contribution in [0.15, 0.2) is 42.5 Å². The first-order chi connectivity index (χ1) is 11.6. The van der Waals surface area contributed by atoms with Crippen LogP contribution in [0.4, 0.5) is 0 Å². The molecule has 0 spiro atoms. The van der Waals surface area contributed by atoms with E-state index in [9.17, 15) is 4.79 Å². The van der Waals surface area contributed by atoms with Crippen LogP contribution < -0.4 is 0 Å². The van der Waals surface area contributed by atoms with Crippen molar-refractivity contribution in [1.82, 2.24) is 9.47 Å². The Labute approximate surface area is 142 Å². The summed E-state index contributed by atoms with van der Waals surface area (Å²) < 4.78 is 2.33. The maximum atomic E-state index is 11.1. The first kappa shape index (κ1) is 16.5. The van der Waals surface area contributed by atoms with Gasteiger partial charge in [-0.15, -0.1) is 0 Å². The molecule has 1 aromatic heterocycles. The number of carboxylic acids is 1. The second-order valence-electron chi connectivity index (χ2n) is 6.22. The third-order valence-electron chi connectivity index (χ3n) is 4.46. The van der Waals surface area contributed by atoms with Gasteiger partial charge in [0.1, 0.15) is 0 Å². The van der Waals surface area contributed by atoms with Gasteiger partial charge in [0.15, 0.2) is 0 Å². The van der Waals surface area contributed by atoms with Crippen LogP contribution in [0.3, 0.4) is 0 Å². The number of rotatable bonds is 7. The third-order valence-corrected chi connectivity index (χ3v) is 4.46. The summed E-state index contributed by atoms with van der Waals surface area (Å²) in [6.07, 6.45) is 0.949. The number of hydrogen-bond donors (Lipinski definition) is 1. The number of carboxylic acid groups (broad SMARTS) is 1. The maximum absolute atomic E-state index is 11.1. The zero-order valence-electron chi connectivity index (χ0n) is 14.3. The lowest BCUT2D eigenvalue weighted by Crippen LogP contribution is -2.30. The number of aliphatic carboxylic acids is 1. The third kappa shape index (κ3) is 3.15. The van der Waals surface area contributed by atoms with Crippen molar-refractivity contribution < 1.29 is 9.90 Å². The fraction of sp³-hybridized carbons (Fsp3) is 0.350. The Hall–Kier alpha value is -2.33. The number of aryl methyl sites for hydroxylation is 1. The van der Waals surface area contributed by atoms with E-state index in [0.29, 0.717) is 6.54 Å². The monoisotopic (exact) mass is 324 g/mol. The Kier molecular flexibility index (Phi) is 4.86. The predicted octanol–water partition coefficient (Wildman–Crippen LogP) is 4.11. The lowest BCUT2D eigenvalue weighted by Gasteiger charge is -2.19. The van der Waals surface area contributed by atoms with Crippen LogP contribution in [0, 0.1) is 0 Å². The number of nitrogens with zero attached hydrogens (tertiary/aromatic N) is 2. The summed E-state index contributed by atoms with van der Waals surface area (Å²) >= 11 is 0. The second-order valence-corrected chi connectivity index (χ2v) is 6.22. The fourth-order valence-electron chi connectivity index (χ4n) is 3.52. The molecule has 0 amide bonds. The molecule has 0 bridgehead atoms. The Morgan fingerprint density at radius 3 is 2.54 bits per heavy atom. The van der Waals surface area contributed by atoms with Crippen LogP contribution in [0.25, 0.3) is 21.8 Å². The van der Waals surface area contributed by atoms with Crippen molar-refractivity contribution in [2.45, 2.75) is 33.4 Å². The molecule has 4 heteroatoms. The number of benzene rings is 2. The van der Waals surface area contributed by atoms with E-state index in [2.05, 4.69) is 60.9 Å². The number of para-hydroxylation sites is 1. The van der Waals surface area contributed by atoms with Crippen molar-refractivity contribution in [3.63, 3.8) is 0 Å². The minimum atomic E-state index is -0.771. The average Bonchev–Trinajstić information content (AvgIpc) is 2.88. The second kappa shape index (κ2) is 7.05. The summed E-state index contributed by atoms with van der Waals surface area (Å²) in [5, 5.41) is 11.6. The molecule has 3 aromatic rings. The van der Waals surface area contributed by atoms with Gasteiger partial charge in [0.25, 0.3) is 0 Å². The van der Waals surface area contributed by atoms with E-state index in [1.807, 2.05) is 4.90 Å². The summed E-state index contributed by atoms with van der Waals surface area (Å²) in [5.41, 5.74) is 3.65. The molecule has 2 aromatic carbocycles. The van der Waals surface area contributed by atoms with E-state index >= 15 is 0 Å². The Morgan fingerprint density at radius 1 is 1.08 bits per heavy atom. The highest BCUT2D eigenvalue weighted by atomic mass is 16.4. The quantitative estimate of drug-likeness (QED) is 0.711. The van der Waals surface area contributed by atoms with Crippen LogP contribution in [0.1, 0.15) is 25.8 Å². The van der Waals surface area contributed by atoms with Gasteiger partial charge in [-0.3, -0.25) is 9.69 Å². The molecule has 0 aliphatic heterocycles. The summed E-state index contributed by atoms with van der Waals surface area (Å²) in [6, 6.07) is 15.0. The minimum absolute atomic E-state index is 0.0859. The first-order valence-electron chi connectivity index (χ1n) is 8.58. The molecule has 0 saturated heterocycles. The Balaban J connectivity index is 2.01. The van der Waals surface area contributed by atoms with Crippen molar-refractivity contribution in [2.24, 2.45) is 0 Å². The molecule has 0 aliphatic rings. The van der Waals surface area contributed by atoms with Crippen LogP contribution >= 0.6 is 0 Å². The highest BCUT2D eigenvalue weighted by Gasteiger charge is 2.13. The summed E-state index contributed by atoms with van der Waals surface area (Å²) in [6.45, 7) is 6.72. The van der Waals surface area contributed by atoms with Crippen molar-refractivity contribution >= 4 is 27.8 Å². The average molecular weight is 324 g/mol. The fourth-order valence-corrected chi connectivity index (χ4v) is 3.52. The molecule has 0 atom stereocenters. The van der Waals surface area contributed by atoms with Crippen molar-refractivity contribution in [2.75, 3.05) is 13.1 Å². The van der Waals surface area contributed by atoms with Gasteiger partial charge in [0, 0.05) is 34.9 Å². The van der Waals surface area contributed by atoms with Crippen LogP contribution in [0.2, 0.25) is 0 Å². The molecule has 0 unspecified atom stereocenters. The van der Waals surface area contributed by atoms with Gasteiger partial charge in [-0.25, -0.2) is 0 Å². The molecule has 0 fully saturated rings. The molecule has 0 saturated carbocycles. The minimum Gasteiger partial charge on any atom is -0.480 e. The zero-order valence-corrected chi connectivity index (χ0v) is 14.3. The molecular formula is C20H24N2O2. The molecule has 24 heavy (non-hydrogen) atoms. The van der Waals surface area contributed by atoms with Crippen molar-refractivity contribution in [3.8, 4) is 0 Å². The van der Waals surface area contributed by atoms with Crippen molar-refractivity contribution in [1.29, 1.82) is 0 Å². The zero-order chi connectivity index (χ0) is 17.1. The SMILES string of the molecule is CCCN(CC(=O)O)Cc1ccc2c(c1)c1ccccc1n2CC. The molecule has 1 N–H and O–H groups in total. The van der Waals surface area contributed by atoms with E-state index in [1.54, 1.807) is 0 Å². The predicted molar refractivity (Wildman–Crippen MR) is 98.3 cm³/mol. The van der Waals surface area contributed by atoms with Gasteiger partial charge in [-0.2, -0.15) is 0 Å². The van der Waals surface area contributed by atoms with Crippen LogP contribution in [-0.4, -0.2) is 33.6 Å². The largest absolute Gasteiger partial charge is 0.480 e. The number of hydrogen-bond acceptors (Lipinski definition) is 2. The molecular weight excluding hydrogens is 300 g/mol. The number of carbonyl (C=O) groups is 1. The van der Waals surface area contributed by atoms with Crippen molar-refractivity contribution in [3.05, 3.63) is 48.0 Å². The molecule has 0 aliphatic carbocycles. The number of aromatic nitrogens is 1. The van der Waals surface area contributed by atoms with Crippen LogP contribution in [-0.2, 0) is 17.9 Å². The van der Waals surface area contributed by atoms with E-state index in [4.69, 9.17) is 5.11 Å². The van der Waals surface area contributed by atoms with Gasteiger partial charge < -0.3 is 9.67 Å². The Morgan fingerprint density at radius 2 is 1.83 bits per heavy atom. The smallest absolute Gasteiger partial charge is 0.317 e. The molecule has 126 valence electrons. The molecule has 4 nitrogen and oxygen atoms in total. The van der Waals surface area contributed by atoms with Gasteiger partial charge in [0.2, 0.25) is 0 Å². The lowest BCUT2D eigenvalue weighted by molar-refractivity contribution is -0.138. The molecule has 3 rings (SSSR count). The van der Waals surface area contributed by atoms with Gasteiger partial charge in [-0.1, -0.05) is 31.2 Å². The standard InChI is InChI=1S/C20H24N2O2/c1-3-11-21(14-20(23)24)13-15-9-10-19-17(12-15)16-7-5-6-8-18(16)22(19)4-2/h5-10,12H,3-4,11,13-14H2,1-2H3,(H,23,24).